The van der Waals surface area contributed by atoms with Gasteiger partial charge in [0.2, 0.25) is 0 Å². The molecular weight excluding hydrogens is 200 g/mol. The zero-order valence-corrected chi connectivity index (χ0v) is 8.75. The predicted octanol–water partition coefficient (Wildman–Crippen LogP) is 0.695. The van der Waals surface area contributed by atoms with Crippen LogP contribution in [-0.2, 0) is 19.4 Å². The summed E-state index contributed by atoms with van der Waals surface area (Å²) in [6.45, 7) is 5.67. The molecule has 7 heteroatoms. The largest absolute Gasteiger partial charge is 0.481 e. The van der Waals surface area contributed by atoms with Crippen LogP contribution in [0.25, 0.3) is 0 Å². The number of carboxylic acid groups (broad SMARTS) is 1. The Hall–Kier alpha value is -0.660. The zero-order valence-electron chi connectivity index (χ0n) is 7.94. The average Bonchev–Trinajstić information content (AvgIpc) is 1.47. The van der Waals surface area contributed by atoms with Crippen molar-refractivity contribution in [3.8, 4) is 0 Å². The first-order valence-electron chi connectivity index (χ1n) is 3.31. The lowest BCUT2D eigenvalue weighted by Gasteiger charge is -2.14. The van der Waals surface area contributed by atoms with Gasteiger partial charge in [0.25, 0.3) is 5.97 Å². The van der Waals surface area contributed by atoms with Crippen LogP contribution in [0.2, 0.25) is 0 Å². The van der Waals surface area contributed by atoms with E-state index in [4.69, 9.17) is 14.5 Å². The minimum atomic E-state index is -4.28. The van der Waals surface area contributed by atoms with Gasteiger partial charge < -0.3 is 5.11 Å². The van der Waals surface area contributed by atoms with Gasteiger partial charge in [-0.05, 0) is 20.8 Å². The molecule has 0 aromatic carbocycles. The number of aliphatic carboxylic acids is 1. The molecule has 0 radical (unpaired) electrons. The lowest BCUT2D eigenvalue weighted by Crippen LogP contribution is -2.23. The van der Waals surface area contributed by atoms with Gasteiger partial charge in [-0.25, -0.2) is 4.18 Å². The lowest BCUT2D eigenvalue weighted by molar-refractivity contribution is -0.134. The smallest absolute Gasteiger partial charge is 0.397 e. The van der Waals surface area contributed by atoms with Gasteiger partial charge in [0, 0.05) is 6.92 Å². The highest BCUT2D eigenvalue weighted by molar-refractivity contribution is 7.80. The maximum atomic E-state index is 9.98. The summed E-state index contributed by atoms with van der Waals surface area (Å²) in [5.74, 6) is -0.833. The van der Waals surface area contributed by atoms with Gasteiger partial charge in [0.15, 0.2) is 0 Å². The van der Waals surface area contributed by atoms with Gasteiger partial charge in [-0.2, -0.15) is 8.42 Å². The molecule has 0 aromatic heterocycles. The molecule has 0 aliphatic carbocycles. The molecule has 6 nitrogen and oxygen atoms in total. The molecule has 13 heavy (non-hydrogen) atoms. The van der Waals surface area contributed by atoms with Gasteiger partial charge in [-0.3, -0.25) is 9.35 Å². The van der Waals surface area contributed by atoms with Crippen LogP contribution in [0.5, 0.6) is 0 Å². The van der Waals surface area contributed by atoms with Crippen molar-refractivity contribution in [2.45, 2.75) is 33.3 Å². The molecule has 0 amide bonds. The highest BCUT2D eigenvalue weighted by Gasteiger charge is 2.18. The minimum absolute atomic E-state index is 0.833. The van der Waals surface area contributed by atoms with Crippen LogP contribution in [-0.4, -0.2) is 29.6 Å². The Kier molecular flexibility index (Phi) is 5.88. The first-order valence-corrected chi connectivity index (χ1v) is 4.68. The van der Waals surface area contributed by atoms with Crippen molar-refractivity contribution in [2.24, 2.45) is 0 Å². The second-order valence-electron chi connectivity index (χ2n) is 3.14. The van der Waals surface area contributed by atoms with Crippen molar-refractivity contribution in [1.82, 2.24) is 0 Å². The summed E-state index contributed by atoms with van der Waals surface area (Å²) in [6, 6.07) is 0. The SMILES string of the molecule is CC(=O)O.CC(C)(C)OS(=O)(=O)O. The Morgan fingerprint density at radius 1 is 1.31 bits per heavy atom. The van der Waals surface area contributed by atoms with E-state index in [2.05, 4.69) is 4.18 Å². The summed E-state index contributed by atoms with van der Waals surface area (Å²) in [5.41, 5.74) is -0.854. The van der Waals surface area contributed by atoms with Crippen molar-refractivity contribution in [3.63, 3.8) is 0 Å². The van der Waals surface area contributed by atoms with E-state index in [9.17, 15) is 8.42 Å². The van der Waals surface area contributed by atoms with Crippen molar-refractivity contribution < 1.29 is 27.1 Å². The van der Waals surface area contributed by atoms with Gasteiger partial charge in [0.05, 0.1) is 5.60 Å². The second-order valence-corrected chi connectivity index (χ2v) is 4.16. The first kappa shape index (κ1) is 14.8. The van der Waals surface area contributed by atoms with Gasteiger partial charge in [-0.15, -0.1) is 0 Å². The molecular formula is C6H14O6S. The summed E-state index contributed by atoms with van der Waals surface area (Å²) >= 11 is 0. The number of carboxylic acids is 1. The van der Waals surface area contributed by atoms with Crippen LogP contribution in [0, 0.1) is 0 Å². The van der Waals surface area contributed by atoms with E-state index in [0.717, 1.165) is 6.92 Å². The normalized spacial score (nSPS) is 11.5. The van der Waals surface area contributed by atoms with Gasteiger partial charge in [-0.1, -0.05) is 0 Å². The lowest BCUT2D eigenvalue weighted by atomic mass is 10.2. The molecule has 0 rings (SSSR count). The second kappa shape index (κ2) is 5.15. The van der Waals surface area contributed by atoms with Crippen molar-refractivity contribution in [1.29, 1.82) is 0 Å². The maximum absolute atomic E-state index is 9.98. The Morgan fingerprint density at radius 3 is 1.54 bits per heavy atom. The molecule has 0 unspecified atom stereocenters. The van der Waals surface area contributed by atoms with Crippen molar-refractivity contribution in [3.05, 3.63) is 0 Å². The van der Waals surface area contributed by atoms with E-state index in [1.807, 2.05) is 0 Å². The fourth-order valence-electron chi connectivity index (χ4n) is 0.316. The molecule has 0 saturated carbocycles. The average molecular weight is 214 g/mol. The number of hydrogen-bond donors (Lipinski definition) is 2. The third-order valence-corrected chi connectivity index (χ3v) is 1.07. The topological polar surface area (TPSA) is 101 Å². The van der Waals surface area contributed by atoms with Crippen LogP contribution in [0.4, 0.5) is 0 Å². The predicted molar refractivity (Wildman–Crippen MR) is 45.7 cm³/mol. The third kappa shape index (κ3) is 34.7. The fraction of sp³-hybridized carbons (Fsp3) is 0.833. The van der Waals surface area contributed by atoms with E-state index < -0.39 is 22.0 Å². The highest BCUT2D eigenvalue weighted by Crippen LogP contribution is 2.09. The maximum Gasteiger partial charge on any atom is 0.397 e. The standard InChI is InChI=1S/C4H10O4S.C2H4O2/c1-4(2,3)8-9(5,6)7;1-2(3)4/h1-3H3,(H,5,6,7);1H3,(H,3,4). The summed E-state index contributed by atoms with van der Waals surface area (Å²) in [5, 5.41) is 7.42. The Balaban J connectivity index is 0. The zero-order chi connectivity index (χ0) is 11.3. The molecule has 0 spiro atoms. The Labute approximate surface area is 77.5 Å². The number of hydrogen-bond acceptors (Lipinski definition) is 4. The Morgan fingerprint density at radius 2 is 1.54 bits per heavy atom. The van der Waals surface area contributed by atoms with Crippen LogP contribution in [0.3, 0.4) is 0 Å². The van der Waals surface area contributed by atoms with Crippen LogP contribution >= 0.6 is 0 Å². The van der Waals surface area contributed by atoms with Gasteiger partial charge >= 0.3 is 10.4 Å². The monoisotopic (exact) mass is 214 g/mol. The fourth-order valence-corrected chi connectivity index (χ4v) is 0.948. The van der Waals surface area contributed by atoms with E-state index in [1.54, 1.807) is 0 Å². The van der Waals surface area contributed by atoms with Crippen LogP contribution < -0.4 is 0 Å². The quantitative estimate of drug-likeness (QED) is 0.623. The van der Waals surface area contributed by atoms with Crippen molar-refractivity contribution >= 4 is 16.4 Å². The highest BCUT2D eigenvalue weighted by atomic mass is 32.3. The molecule has 0 aliphatic rings. The van der Waals surface area contributed by atoms with Crippen molar-refractivity contribution in [2.75, 3.05) is 0 Å². The first-order chi connectivity index (χ1) is 5.44. The van der Waals surface area contributed by atoms with Gasteiger partial charge in [0.1, 0.15) is 0 Å². The molecule has 0 aliphatic heterocycles. The molecule has 2 N–H and O–H groups in total. The minimum Gasteiger partial charge on any atom is -0.481 e. The molecule has 0 saturated heterocycles. The van der Waals surface area contributed by atoms with Crippen LogP contribution in [0.15, 0.2) is 0 Å². The van der Waals surface area contributed by atoms with E-state index in [-0.39, 0.29) is 0 Å². The van der Waals surface area contributed by atoms with Crippen LogP contribution in [0.1, 0.15) is 27.7 Å². The van der Waals surface area contributed by atoms with E-state index >= 15 is 0 Å². The molecule has 0 atom stereocenters. The molecule has 0 heterocycles. The van der Waals surface area contributed by atoms with E-state index in [0.29, 0.717) is 0 Å². The summed E-state index contributed by atoms with van der Waals surface area (Å²) in [4.78, 5) is 9.00. The molecule has 0 fully saturated rings. The van der Waals surface area contributed by atoms with E-state index in [1.165, 1.54) is 20.8 Å². The number of rotatable bonds is 1. The number of carbonyl (C=O) groups is 1. The molecule has 0 aromatic rings. The molecule has 0 bridgehead atoms. The summed E-state index contributed by atoms with van der Waals surface area (Å²) < 4.78 is 32.2. The third-order valence-electron chi connectivity index (χ3n) is 0.355. The molecule has 80 valence electrons. The summed E-state index contributed by atoms with van der Waals surface area (Å²) in [7, 11) is -4.28. The Bertz CT molecular complexity index is 243. The summed E-state index contributed by atoms with van der Waals surface area (Å²) in [6.07, 6.45) is 0.